The van der Waals surface area contributed by atoms with Crippen molar-refractivity contribution in [3.63, 3.8) is 0 Å². The fraction of sp³-hybridized carbons (Fsp3) is 0.750. The Morgan fingerprint density at radius 1 is 0.833 bits per heavy atom. The van der Waals surface area contributed by atoms with Crippen LogP contribution in [0.4, 0.5) is 0 Å². The first-order valence-corrected chi connectivity index (χ1v) is 15.7. The lowest BCUT2D eigenvalue weighted by Crippen LogP contribution is -2.43. The number of nitrogens with zero attached hydrogens (tertiary/aromatic N) is 1. The summed E-state index contributed by atoms with van der Waals surface area (Å²) in [5, 5.41) is 3.90. The summed E-state index contributed by atoms with van der Waals surface area (Å²) in [7, 11) is -6.69. The van der Waals surface area contributed by atoms with Crippen molar-refractivity contribution in [3.05, 3.63) is 22.3 Å². The van der Waals surface area contributed by atoms with E-state index in [1.54, 1.807) is 13.8 Å². The smallest absolute Gasteiger partial charge is 0.263 e. The van der Waals surface area contributed by atoms with E-state index >= 15 is 0 Å². The third-order valence-corrected chi connectivity index (χ3v) is 8.80. The Morgan fingerprint density at radius 3 is 1.44 bits per heavy atom. The molecule has 0 saturated carbocycles. The predicted molar refractivity (Wildman–Crippen MR) is 162 cm³/mol. The third kappa shape index (κ3) is 18.1. The second kappa shape index (κ2) is 19.0. The normalized spacial score (nSPS) is 11.0. The Kier molecular flexibility index (Phi) is 20.7. The molecule has 8 nitrogen and oxygen atoms in total. The van der Waals surface area contributed by atoms with Crippen LogP contribution in [-0.4, -0.2) is 50.7 Å². The molecular formula is C24H48N4O4S4. The highest BCUT2D eigenvalue weighted by Crippen LogP contribution is 2.13. The van der Waals surface area contributed by atoms with E-state index in [0.29, 0.717) is 24.9 Å². The van der Waals surface area contributed by atoms with E-state index in [4.69, 9.17) is 18.0 Å². The van der Waals surface area contributed by atoms with E-state index in [1.165, 1.54) is 36.1 Å². The van der Waals surface area contributed by atoms with Gasteiger partial charge in [-0.3, -0.25) is 4.72 Å². The molecule has 4 N–H and O–H groups in total. The molecule has 0 radical (unpaired) electrons. The summed E-state index contributed by atoms with van der Waals surface area (Å²) in [6.45, 7) is 24.4. The van der Waals surface area contributed by atoms with E-state index < -0.39 is 30.5 Å². The monoisotopic (exact) mass is 584 g/mol. The molecule has 0 aliphatic heterocycles. The summed E-state index contributed by atoms with van der Waals surface area (Å²) >= 11 is 9.11. The molecule has 0 heterocycles. The molecule has 0 atom stereocenters. The van der Waals surface area contributed by atoms with Crippen molar-refractivity contribution in [1.29, 1.82) is 0 Å². The Morgan fingerprint density at radius 2 is 1.25 bits per heavy atom. The Hall–Kier alpha value is -1.17. The minimum Gasteiger partial charge on any atom is -0.358 e. The van der Waals surface area contributed by atoms with Crippen LogP contribution in [0.1, 0.15) is 83.1 Å². The average molecular weight is 585 g/mol. The fourth-order valence-electron chi connectivity index (χ4n) is 2.59. The average Bonchev–Trinajstić information content (AvgIpc) is 2.67. The molecule has 0 rings (SSSR count). The number of hydrogen-bond donors (Lipinski definition) is 3. The van der Waals surface area contributed by atoms with Gasteiger partial charge in [0.2, 0.25) is 10.0 Å². The fourth-order valence-corrected chi connectivity index (χ4v) is 4.20. The highest BCUT2D eigenvalue weighted by atomic mass is 32.2. The number of nitrogens with one attached hydrogen (secondary N) is 2. The zero-order chi connectivity index (χ0) is 29.4. The number of allylic oxidation sites excluding steroid dienone is 2. The topological polar surface area (TPSA) is 131 Å². The van der Waals surface area contributed by atoms with Gasteiger partial charge in [0, 0.05) is 13.1 Å². The van der Waals surface area contributed by atoms with Crippen molar-refractivity contribution in [2.45, 2.75) is 93.6 Å². The van der Waals surface area contributed by atoms with Gasteiger partial charge in [-0.2, -0.15) is 0 Å². The Balaban J connectivity index is -0.000000507. The van der Waals surface area contributed by atoms with Crippen LogP contribution in [0.3, 0.4) is 0 Å². The molecule has 36 heavy (non-hydrogen) atoms. The van der Waals surface area contributed by atoms with Crippen LogP contribution in [0.5, 0.6) is 0 Å². The highest BCUT2D eigenvalue weighted by molar-refractivity contribution is 7.92. The predicted octanol–water partition coefficient (Wildman–Crippen LogP) is 4.95. The number of thiocarbonyl (C=S) groups is 2. The molecule has 0 fully saturated rings. The summed E-state index contributed by atoms with van der Waals surface area (Å²) in [5.41, 5.74) is 10.7. The molecule has 0 aromatic rings. The maximum Gasteiger partial charge on any atom is 0.263 e. The van der Waals surface area contributed by atoms with E-state index in [9.17, 15) is 16.8 Å². The van der Waals surface area contributed by atoms with Gasteiger partial charge in [-0.05, 0) is 97.2 Å². The number of hydrogen-bond acceptors (Lipinski definition) is 7. The first kappa shape index (κ1) is 39.3. The van der Waals surface area contributed by atoms with Crippen molar-refractivity contribution < 1.29 is 16.8 Å². The molecule has 0 spiro atoms. The maximum atomic E-state index is 11.6. The lowest BCUT2D eigenvalue weighted by molar-refractivity contribution is 0.582. The van der Waals surface area contributed by atoms with Gasteiger partial charge in [-0.15, -0.1) is 4.40 Å². The summed E-state index contributed by atoms with van der Waals surface area (Å²) in [5.74, 6) is 1.02. The SMILES string of the molecule is CC(C)=C(CN)C(C)C.CC(C)=C(CNC(=S)NS(=O)(=O)C(C)C)C(C)C.CC(C)S(=O)(=O)N=C=S. The van der Waals surface area contributed by atoms with Crippen molar-refractivity contribution in [1.82, 2.24) is 10.0 Å². The largest absolute Gasteiger partial charge is 0.358 e. The molecule has 0 saturated heterocycles. The van der Waals surface area contributed by atoms with Crippen LogP contribution >= 0.6 is 24.4 Å². The summed E-state index contributed by atoms with van der Waals surface area (Å²) < 4.78 is 49.8. The number of nitrogens with two attached hydrogens (primary N) is 1. The minimum absolute atomic E-state index is 0.156. The van der Waals surface area contributed by atoms with Gasteiger partial charge in [0.15, 0.2) is 5.11 Å². The van der Waals surface area contributed by atoms with Crippen LogP contribution in [0.15, 0.2) is 26.7 Å². The molecule has 212 valence electrons. The van der Waals surface area contributed by atoms with Gasteiger partial charge < -0.3 is 11.1 Å². The molecule has 0 aliphatic carbocycles. The maximum absolute atomic E-state index is 11.6. The van der Waals surface area contributed by atoms with E-state index in [1.807, 2.05) is 19.0 Å². The standard InChI is InChI=1S/C12H24N2O2S2.C8H17N.C4H7NO2S2/c1-8(2)11(9(3)4)7-13-12(17)14-18(15,16)10(5)6;1-6(2)8(5-9)7(3)4;1-4(2)9(6,7)5-3-8/h8,10H,7H2,1-6H3,(H2,13,14,17);6H,5,9H2,1-4H3;4H,1-2H3. The quantitative estimate of drug-likeness (QED) is 0.197. The third-order valence-electron chi connectivity index (χ3n) is 4.95. The lowest BCUT2D eigenvalue weighted by atomic mass is 9.99. The first-order valence-electron chi connectivity index (χ1n) is 11.8. The lowest BCUT2D eigenvalue weighted by Gasteiger charge is -2.17. The van der Waals surface area contributed by atoms with Gasteiger partial charge in [-0.1, -0.05) is 44.4 Å². The van der Waals surface area contributed by atoms with Crippen LogP contribution in [0.2, 0.25) is 0 Å². The van der Waals surface area contributed by atoms with Crippen LogP contribution in [0.25, 0.3) is 0 Å². The molecule has 0 unspecified atom stereocenters. The second-order valence-corrected chi connectivity index (χ2v) is 14.7. The van der Waals surface area contributed by atoms with Crippen LogP contribution < -0.4 is 15.8 Å². The Bertz CT molecular complexity index is 997. The van der Waals surface area contributed by atoms with Crippen molar-refractivity contribution >= 4 is 54.8 Å². The van der Waals surface area contributed by atoms with Gasteiger partial charge in [-0.25, -0.2) is 16.8 Å². The molecule has 0 amide bonds. The summed E-state index contributed by atoms with van der Waals surface area (Å²) in [4.78, 5) is 0. The van der Waals surface area contributed by atoms with Gasteiger partial charge in [0.25, 0.3) is 10.0 Å². The number of isothiocyanates is 1. The highest BCUT2D eigenvalue weighted by Gasteiger charge is 2.17. The van der Waals surface area contributed by atoms with Crippen molar-refractivity contribution in [2.24, 2.45) is 22.0 Å². The van der Waals surface area contributed by atoms with Crippen LogP contribution in [0, 0.1) is 11.8 Å². The molecular weight excluding hydrogens is 537 g/mol. The number of sulfonamides is 2. The molecule has 0 aromatic carbocycles. The summed E-state index contributed by atoms with van der Waals surface area (Å²) in [6.07, 6.45) is 0. The number of rotatable bonds is 9. The van der Waals surface area contributed by atoms with Gasteiger partial charge in [0.05, 0.1) is 15.7 Å². The zero-order valence-electron chi connectivity index (χ0n) is 24.0. The minimum atomic E-state index is -3.36. The molecule has 0 aliphatic rings. The van der Waals surface area contributed by atoms with Gasteiger partial charge in [0.1, 0.15) is 0 Å². The van der Waals surface area contributed by atoms with E-state index in [0.717, 1.165) is 0 Å². The summed E-state index contributed by atoms with van der Waals surface area (Å²) in [6, 6.07) is 0. The van der Waals surface area contributed by atoms with Crippen molar-refractivity contribution in [2.75, 3.05) is 13.1 Å². The van der Waals surface area contributed by atoms with E-state index in [2.05, 4.69) is 68.2 Å². The van der Waals surface area contributed by atoms with Crippen molar-refractivity contribution in [3.8, 4) is 0 Å². The van der Waals surface area contributed by atoms with Gasteiger partial charge >= 0.3 is 0 Å². The molecule has 12 heteroatoms. The Labute approximate surface area is 231 Å². The zero-order valence-corrected chi connectivity index (χ0v) is 27.3. The van der Waals surface area contributed by atoms with Crippen LogP contribution in [-0.2, 0) is 20.0 Å². The van der Waals surface area contributed by atoms with E-state index in [-0.39, 0.29) is 5.11 Å². The second-order valence-electron chi connectivity index (χ2n) is 9.69. The molecule has 0 aromatic heterocycles. The molecule has 0 bridgehead atoms. The first-order chi connectivity index (χ1) is 16.2.